The lowest BCUT2D eigenvalue weighted by Gasteiger charge is -2.44. The zero-order valence-corrected chi connectivity index (χ0v) is 28.4. The minimum Gasteiger partial charge on any atom is -0.393 e. The molecule has 0 aromatic carbocycles. The first-order valence-electron chi connectivity index (χ1n) is 15.9. The second-order valence-corrected chi connectivity index (χ2v) is 14.5. The van der Waals surface area contributed by atoms with Crippen molar-refractivity contribution in [1.82, 2.24) is 0 Å². The quantitative estimate of drug-likeness (QED) is 0.209. The van der Waals surface area contributed by atoms with E-state index in [0.717, 1.165) is 19.3 Å². The fourth-order valence-corrected chi connectivity index (χ4v) is 7.02. The summed E-state index contributed by atoms with van der Waals surface area (Å²) in [5.74, 6) is 0. The summed E-state index contributed by atoms with van der Waals surface area (Å²) in [6.45, 7) is 21.6. The third-order valence-corrected chi connectivity index (χ3v) is 9.08. The highest BCUT2D eigenvalue weighted by molar-refractivity contribution is 5.39. The number of hydrogen-bond acceptors (Lipinski definition) is 3. The molecule has 4 atom stereocenters. The molecule has 0 aromatic heterocycles. The summed E-state index contributed by atoms with van der Waals surface area (Å²) in [6, 6.07) is 0. The van der Waals surface area contributed by atoms with Gasteiger partial charge in [0.05, 0.1) is 23.9 Å². The second kappa shape index (κ2) is 14.4. The predicted octanol–water partition coefficient (Wildman–Crippen LogP) is 9.76. The molecule has 2 aliphatic carbocycles. The van der Waals surface area contributed by atoms with Crippen LogP contribution in [-0.2, 0) is 4.74 Å². The molecule has 3 heteroatoms. The van der Waals surface area contributed by atoms with Crippen LogP contribution in [0.25, 0.3) is 0 Å². The number of ether oxygens (including phenoxy) is 1. The van der Waals surface area contributed by atoms with Gasteiger partial charge < -0.3 is 14.9 Å². The highest BCUT2D eigenvalue weighted by Gasteiger charge is 2.50. The monoisotopic (exact) mass is 584 g/mol. The van der Waals surface area contributed by atoms with Crippen molar-refractivity contribution in [3.8, 4) is 0 Å². The predicted molar refractivity (Wildman–Crippen MR) is 184 cm³/mol. The lowest BCUT2D eigenvalue weighted by molar-refractivity contribution is -0.0683. The molecular formula is C40H56O3. The van der Waals surface area contributed by atoms with E-state index in [4.69, 9.17) is 4.74 Å². The average Bonchev–Trinajstić information content (AvgIpc) is 3.23. The van der Waals surface area contributed by atoms with E-state index in [1.807, 2.05) is 0 Å². The van der Waals surface area contributed by atoms with E-state index in [0.29, 0.717) is 6.42 Å². The SMILES string of the molecule is CC1=C(/C=C/C(C)=C/C=C/C(C)=C/C=C/C=C(C)/C=C/C=C(\C)[C@H]2C=C3C(C)(C)C[C@H](O)C[C@@]3(C)O2)C(C)(C)C[C@@H](O)C1. The van der Waals surface area contributed by atoms with Crippen molar-refractivity contribution in [1.29, 1.82) is 0 Å². The molecule has 0 unspecified atom stereocenters. The van der Waals surface area contributed by atoms with Gasteiger partial charge in [0, 0.05) is 6.42 Å². The van der Waals surface area contributed by atoms with Crippen LogP contribution in [0.5, 0.6) is 0 Å². The molecule has 0 radical (unpaired) electrons. The Bertz CT molecular complexity index is 1330. The second-order valence-electron chi connectivity index (χ2n) is 14.5. The summed E-state index contributed by atoms with van der Waals surface area (Å²) >= 11 is 0. The Hall–Kier alpha value is -2.72. The highest BCUT2D eigenvalue weighted by atomic mass is 16.5. The summed E-state index contributed by atoms with van der Waals surface area (Å²) in [5.41, 5.74) is 8.25. The van der Waals surface area contributed by atoms with Gasteiger partial charge in [-0.3, -0.25) is 0 Å². The van der Waals surface area contributed by atoms with Crippen molar-refractivity contribution >= 4 is 0 Å². The largest absolute Gasteiger partial charge is 0.393 e. The minimum absolute atomic E-state index is 0.00171. The Balaban J connectivity index is 1.52. The van der Waals surface area contributed by atoms with E-state index >= 15 is 0 Å². The molecule has 234 valence electrons. The molecule has 1 heterocycles. The van der Waals surface area contributed by atoms with Gasteiger partial charge in [0.25, 0.3) is 0 Å². The van der Waals surface area contributed by atoms with E-state index in [9.17, 15) is 10.2 Å². The first-order chi connectivity index (χ1) is 20.0. The summed E-state index contributed by atoms with van der Waals surface area (Å²) < 4.78 is 6.46. The third kappa shape index (κ3) is 9.63. The number of allylic oxidation sites excluding steroid dienone is 16. The smallest absolute Gasteiger partial charge is 0.0982 e. The van der Waals surface area contributed by atoms with Gasteiger partial charge in [0.1, 0.15) is 0 Å². The standard InChI is InChI=1S/C40H56O3/c1-28(17-13-18-30(3)21-22-35-32(5)23-33(41)25-38(35,6)7)15-11-12-16-29(2)19-14-20-31(4)36-24-37-39(8,9)26-34(42)27-40(37,10)43-36/h11-22,24,33-34,36,41-42H,23,25-27H2,1-10H3/b12-11+,17-13+,19-14+,22-21+,28-15+,29-16+,30-18+,31-20+/t33-,34-,36+,40+/m0/s1. The van der Waals surface area contributed by atoms with Crippen LogP contribution in [0.2, 0.25) is 0 Å². The summed E-state index contributed by atoms with van der Waals surface area (Å²) in [4.78, 5) is 0. The van der Waals surface area contributed by atoms with E-state index < -0.39 is 0 Å². The molecule has 2 N–H and O–H groups in total. The summed E-state index contributed by atoms with van der Waals surface area (Å²) in [6.07, 6.45) is 30.2. The molecule has 3 rings (SSSR count). The average molecular weight is 585 g/mol. The van der Waals surface area contributed by atoms with Crippen LogP contribution in [0.4, 0.5) is 0 Å². The van der Waals surface area contributed by atoms with Crippen LogP contribution in [-0.4, -0.2) is 34.1 Å². The van der Waals surface area contributed by atoms with E-state index in [1.165, 1.54) is 39.0 Å². The van der Waals surface area contributed by atoms with E-state index in [1.54, 1.807) is 0 Å². The van der Waals surface area contributed by atoms with Crippen LogP contribution in [0, 0.1) is 10.8 Å². The molecule has 0 amide bonds. The van der Waals surface area contributed by atoms with Gasteiger partial charge in [-0.25, -0.2) is 0 Å². The van der Waals surface area contributed by atoms with E-state index in [-0.39, 0.29) is 34.7 Å². The number of aliphatic hydroxyl groups excluding tert-OH is 2. The molecule has 1 fully saturated rings. The maximum absolute atomic E-state index is 10.4. The van der Waals surface area contributed by atoms with Gasteiger partial charge in [-0.15, -0.1) is 0 Å². The number of aliphatic hydroxyl groups is 2. The molecular weight excluding hydrogens is 528 g/mol. The Morgan fingerprint density at radius 1 is 0.721 bits per heavy atom. The Labute approximate surface area is 262 Å². The van der Waals surface area contributed by atoms with E-state index in [2.05, 4.69) is 148 Å². The van der Waals surface area contributed by atoms with Crippen LogP contribution in [0.15, 0.2) is 118 Å². The molecule has 0 bridgehead atoms. The van der Waals surface area contributed by atoms with Crippen molar-refractivity contribution in [2.45, 2.75) is 119 Å². The molecule has 3 aliphatic rings. The Morgan fingerprint density at radius 2 is 1.26 bits per heavy atom. The summed E-state index contributed by atoms with van der Waals surface area (Å²) in [5, 5.41) is 20.5. The van der Waals surface area contributed by atoms with Crippen LogP contribution in [0.1, 0.15) is 94.9 Å². The third-order valence-electron chi connectivity index (χ3n) is 9.08. The normalized spacial score (nSPS) is 30.8. The van der Waals surface area contributed by atoms with Crippen molar-refractivity contribution in [2.75, 3.05) is 0 Å². The molecule has 1 aliphatic heterocycles. The number of fused-ring (bicyclic) bond motifs is 1. The van der Waals surface area contributed by atoms with Crippen molar-refractivity contribution < 1.29 is 14.9 Å². The van der Waals surface area contributed by atoms with Gasteiger partial charge in [-0.2, -0.15) is 0 Å². The Kier molecular flexibility index (Phi) is 11.6. The molecule has 0 spiro atoms. The lowest BCUT2D eigenvalue weighted by atomic mass is 9.65. The van der Waals surface area contributed by atoms with Gasteiger partial charge in [-0.1, -0.05) is 123 Å². The fraction of sp³-hybridized carbons (Fsp3) is 0.500. The topological polar surface area (TPSA) is 49.7 Å². The van der Waals surface area contributed by atoms with Crippen LogP contribution in [0.3, 0.4) is 0 Å². The van der Waals surface area contributed by atoms with Crippen molar-refractivity contribution in [2.24, 2.45) is 10.8 Å². The van der Waals surface area contributed by atoms with Gasteiger partial charge in [0.15, 0.2) is 0 Å². The zero-order valence-electron chi connectivity index (χ0n) is 28.4. The van der Waals surface area contributed by atoms with Crippen molar-refractivity contribution in [3.63, 3.8) is 0 Å². The first kappa shape index (κ1) is 34.8. The highest BCUT2D eigenvalue weighted by Crippen LogP contribution is 2.52. The van der Waals surface area contributed by atoms with Crippen molar-refractivity contribution in [3.05, 3.63) is 118 Å². The van der Waals surface area contributed by atoms with Crippen LogP contribution >= 0.6 is 0 Å². The zero-order chi connectivity index (χ0) is 32.0. The lowest BCUT2D eigenvalue weighted by Crippen LogP contribution is -2.45. The summed E-state index contributed by atoms with van der Waals surface area (Å²) in [7, 11) is 0. The van der Waals surface area contributed by atoms with Gasteiger partial charge in [0.2, 0.25) is 0 Å². The molecule has 0 aromatic rings. The van der Waals surface area contributed by atoms with Gasteiger partial charge >= 0.3 is 0 Å². The molecule has 0 saturated heterocycles. The maximum atomic E-state index is 10.4. The van der Waals surface area contributed by atoms with Crippen LogP contribution < -0.4 is 0 Å². The molecule has 1 saturated carbocycles. The minimum atomic E-state index is -0.381. The first-order valence-corrected chi connectivity index (χ1v) is 15.9. The van der Waals surface area contributed by atoms with Gasteiger partial charge in [-0.05, 0) is 94.4 Å². The number of hydrogen-bond donors (Lipinski definition) is 2. The number of rotatable bonds is 9. The molecule has 43 heavy (non-hydrogen) atoms. The maximum Gasteiger partial charge on any atom is 0.0982 e. The molecule has 3 nitrogen and oxygen atoms in total. The fourth-order valence-electron chi connectivity index (χ4n) is 7.02. The Morgan fingerprint density at radius 3 is 1.86 bits per heavy atom.